The van der Waals surface area contributed by atoms with Crippen molar-refractivity contribution >= 4 is 44.7 Å². The van der Waals surface area contributed by atoms with Crippen molar-refractivity contribution in [3.8, 4) is 0 Å². The Bertz CT molecular complexity index is 1090. The van der Waals surface area contributed by atoms with Crippen molar-refractivity contribution in [1.29, 1.82) is 0 Å². The van der Waals surface area contributed by atoms with Gasteiger partial charge in [0.25, 0.3) is 21.0 Å². The van der Waals surface area contributed by atoms with E-state index in [-0.39, 0.29) is 26.7 Å². The SMILES string of the molecule is Cc1cc(C2CCC2)n2nc(S(=O)(=O)Nc3c(Cl)cccc3Cl)nc2n1. The van der Waals surface area contributed by atoms with E-state index in [1.54, 1.807) is 18.2 Å². The summed E-state index contributed by atoms with van der Waals surface area (Å²) in [7, 11) is -4.07. The number of para-hydroxylation sites is 1. The molecule has 26 heavy (non-hydrogen) atoms. The summed E-state index contributed by atoms with van der Waals surface area (Å²) in [5.41, 5.74) is 1.80. The van der Waals surface area contributed by atoms with Gasteiger partial charge in [-0.2, -0.15) is 17.9 Å². The Labute approximate surface area is 160 Å². The fourth-order valence-corrected chi connectivity index (χ4v) is 4.46. The summed E-state index contributed by atoms with van der Waals surface area (Å²) in [6.45, 7) is 1.85. The van der Waals surface area contributed by atoms with Gasteiger partial charge < -0.3 is 0 Å². The third-order valence-corrected chi connectivity index (χ3v) is 6.17. The summed E-state index contributed by atoms with van der Waals surface area (Å²) in [5.74, 6) is 0.611. The molecule has 1 fully saturated rings. The van der Waals surface area contributed by atoms with E-state index in [2.05, 4.69) is 19.8 Å². The lowest BCUT2D eigenvalue weighted by Gasteiger charge is -2.25. The van der Waals surface area contributed by atoms with Gasteiger partial charge in [-0.25, -0.2) is 4.98 Å². The number of fused-ring (bicyclic) bond motifs is 1. The highest BCUT2D eigenvalue weighted by Gasteiger charge is 2.27. The quantitative estimate of drug-likeness (QED) is 0.704. The second-order valence-corrected chi connectivity index (χ2v) is 8.65. The second-order valence-electron chi connectivity index (χ2n) is 6.26. The minimum Gasteiger partial charge on any atom is -0.274 e. The van der Waals surface area contributed by atoms with Crippen molar-refractivity contribution < 1.29 is 8.42 Å². The van der Waals surface area contributed by atoms with Gasteiger partial charge in [0.2, 0.25) is 0 Å². The minimum absolute atomic E-state index is 0.0954. The van der Waals surface area contributed by atoms with E-state index in [9.17, 15) is 8.42 Å². The summed E-state index contributed by atoms with van der Waals surface area (Å²) in [4.78, 5) is 8.40. The number of aromatic nitrogens is 4. The lowest BCUT2D eigenvalue weighted by atomic mass is 9.82. The van der Waals surface area contributed by atoms with E-state index in [1.165, 1.54) is 4.52 Å². The molecule has 0 unspecified atom stereocenters. The summed E-state index contributed by atoms with van der Waals surface area (Å²) in [5, 5.41) is 4.20. The van der Waals surface area contributed by atoms with Crippen LogP contribution in [0.3, 0.4) is 0 Å². The van der Waals surface area contributed by atoms with Gasteiger partial charge in [0.1, 0.15) is 0 Å². The molecule has 1 aliphatic rings. The highest BCUT2D eigenvalue weighted by Crippen LogP contribution is 2.36. The van der Waals surface area contributed by atoms with Gasteiger partial charge in [0, 0.05) is 11.6 Å². The van der Waals surface area contributed by atoms with Crippen LogP contribution in [0.5, 0.6) is 0 Å². The Balaban J connectivity index is 1.78. The van der Waals surface area contributed by atoms with Crippen LogP contribution in [0.25, 0.3) is 5.78 Å². The predicted molar refractivity (Wildman–Crippen MR) is 99.4 cm³/mol. The third-order valence-electron chi connectivity index (χ3n) is 4.41. The van der Waals surface area contributed by atoms with Crippen LogP contribution in [0.2, 0.25) is 10.0 Å². The van der Waals surface area contributed by atoms with E-state index < -0.39 is 10.0 Å². The molecule has 0 aliphatic heterocycles. The van der Waals surface area contributed by atoms with Crippen molar-refractivity contribution in [1.82, 2.24) is 19.6 Å². The van der Waals surface area contributed by atoms with Gasteiger partial charge in [-0.05, 0) is 38.0 Å². The number of aryl methyl sites for hydroxylation is 1. The highest BCUT2D eigenvalue weighted by molar-refractivity contribution is 7.92. The lowest BCUT2D eigenvalue weighted by Crippen LogP contribution is -2.16. The Hall–Kier alpha value is -1.90. The minimum atomic E-state index is -4.07. The van der Waals surface area contributed by atoms with E-state index in [0.29, 0.717) is 5.92 Å². The highest BCUT2D eigenvalue weighted by atomic mass is 35.5. The molecule has 10 heteroatoms. The summed E-state index contributed by atoms with van der Waals surface area (Å²) in [6.07, 6.45) is 3.25. The maximum atomic E-state index is 12.7. The fourth-order valence-electron chi connectivity index (χ4n) is 2.88. The summed E-state index contributed by atoms with van der Waals surface area (Å²) < 4.78 is 29.3. The number of nitrogens with zero attached hydrogens (tertiary/aromatic N) is 4. The molecular formula is C16H15Cl2N5O2S. The third kappa shape index (κ3) is 3.02. The van der Waals surface area contributed by atoms with Gasteiger partial charge in [-0.3, -0.25) is 4.72 Å². The van der Waals surface area contributed by atoms with E-state index in [1.807, 2.05) is 13.0 Å². The molecule has 0 radical (unpaired) electrons. The fraction of sp³-hybridized carbons (Fsp3) is 0.312. The molecule has 1 N–H and O–H groups in total. The molecule has 7 nitrogen and oxygen atoms in total. The number of hydrogen-bond acceptors (Lipinski definition) is 5. The largest absolute Gasteiger partial charge is 0.299 e. The molecule has 0 saturated heterocycles. The molecule has 0 spiro atoms. The first-order chi connectivity index (χ1) is 12.3. The van der Waals surface area contributed by atoms with Gasteiger partial charge in [-0.15, -0.1) is 5.10 Å². The number of benzene rings is 1. The number of anilines is 1. The van der Waals surface area contributed by atoms with Gasteiger partial charge in [-0.1, -0.05) is 35.7 Å². The molecule has 4 rings (SSSR count). The molecule has 2 aromatic heterocycles. The van der Waals surface area contributed by atoms with Crippen LogP contribution in [0.4, 0.5) is 5.69 Å². The monoisotopic (exact) mass is 411 g/mol. The summed E-state index contributed by atoms with van der Waals surface area (Å²) in [6, 6.07) is 6.65. The number of rotatable bonds is 4. The predicted octanol–water partition coefficient (Wildman–Crippen LogP) is 3.81. The molecule has 0 amide bonds. The van der Waals surface area contributed by atoms with Crippen LogP contribution in [-0.2, 0) is 10.0 Å². The zero-order valence-electron chi connectivity index (χ0n) is 13.8. The Morgan fingerprint density at radius 3 is 2.50 bits per heavy atom. The number of hydrogen-bond donors (Lipinski definition) is 1. The normalized spacial score (nSPS) is 15.2. The molecule has 2 heterocycles. The van der Waals surface area contributed by atoms with Crippen molar-refractivity contribution in [2.45, 2.75) is 37.3 Å². The average molecular weight is 412 g/mol. The summed E-state index contributed by atoms with van der Waals surface area (Å²) >= 11 is 12.1. The average Bonchev–Trinajstić information content (AvgIpc) is 2.94. The number of nitrogens with one attached hydrogen (secondary N) is 1. The zero-order valence-corrected chi connectivity index (χ0v) is 16.1. The zero-order chi connectivity index (χ0) is 18.5. The molecule has 1 saturated carbocycles. The topological polar surface area (TPSA) is 89.3 Å². The van der Waals surface area contributed by atoms with Crippen molar-refractivity contribution in [2.24, 2.45) is 0 Å². The van der Waals surface area contributed by atoms with Crippen LogP contribution in [-0.4, -0.2) is 28.0 Å². The standard InChI is InChI=1S/C16H15Cl2N5O2S/c1-9-8-13(10-4-2-5-10)23-15(19-9)20-16(21-23)26(24,25)22-14-11(17)6-3-7-12(14)18/h3,6-8,10,22H,2,4-5H2,1H3. The van der Waals surface area contributed by atoms with Crippen LogP contribution < -0.4 is 4.72 Å². The molecule has 3 aromatic rings. The van der Waals surface area contributed by atoms with Gasteiger partial charge >= 0.3 is 0 Å². The van der Waals surface area contributed by atoms with Crippen LogP contribution >= 0.6 is 23.2 Å². The van der Waals surface area contributed by atoms with Crippen LogP contribution in [0.1, 0.15) is 36.6 Å². The Morgan fingerprint density at radius 2 is 1.88 bits per heavy atom. The first-order valence-corrected chi connectivity index (χ1v) is 10.3. The number of halogens is 2. The number of sulfonamides is 1. The molecular weight excluding hydrogens is 397 g/mol. The van der Waals surface area contributed by atoms with Gasteiger partial charge in [0.05, 0.1) is 21.4 Å². The Morgan fingerprint density at radius 1 is 1.19 bits per heavy atom. The molecule has 0 bridgehead atoms. The maximum absolute atomic E-state index is 12.7. The Kier molecular flexibility index (Phi) is 4.29. The maximum Gasteiger partial charge on any atom is 0.299 e. The van der Waals surface area contributed by atoms with Crippen LogP contribution in [0.15, 0.2) is 29.4 Å². The van der Waals surface area contributed by atoms with Crippen LogP contribution in [0, 0.1) is 6.92 Å². The van der Waals surface area contributed by atoms with Gasteiger partial charge in [0.15, 0.2) is 0 Å². The molecule has 136 valence electrons. The van der Waals surface area contributed by atoms with Crippen molar-refractivity contribution in [3.05, 3.63) is 45.7 Å². The van der Waals surface area contributed by atoms with Crippen molar-refractivity contribution in [2.75, 3.05) is 4.72 Å². The smallest absolute Gasteiger partial charge is 0.274 e. The van der Waals surface area contributed by atoms with E-state index in [4.69, 9.17) is 23.2 Å². The first kappa shape index (κ1) is 17.5. The van der Waals surface area contributed by atoms with E-state index in [0.717, 1.165) is 30.7 Å². The molecule has 1 aromatic carbocycles. The lowest BCUT2D eigenvalue weighted by molar-refractivity contribution is 0.403. The first-order valence-electron chi connectivity index (χ1n) is 8.06. The van der Waals surface area contributed by atoms with Crippen molar-refractivity contribution in [3.63, 3.8) is 0 Å². The van der Waals surface area contributed by atoms with E-state index >= 15 is 0 Å². The second kappa shape index (κ2) is 6.37. The molecule has 1 aliphatic carbocycles. The molecule has 0 atom stereocenters.